The van der Waals surface area contributed by atoms with Gasteiger partial charge in [-0.2, -0.15) is 0 Å². The number of aliphatic carboxylic acids is 1. The number of rotatable bonds is 4. The second kappa shape index (κ2) is 4.82. The van der Waals surface area contributed by atoms with Crippen LogP contribution in [0, 0.1) is 0 Å². The molecule has 15 heavy (non-hydrogen) atoms. The Labute approximate surface area is 90.3 Å². The lowest BCUT2D eigenvalue weighted by Crippen LogP contribution is -2.09. The Kier molecular flexibility index (Phi) is 3.72. The molecule has 1 atom stereocenters. The van der Waals surface area contributed by atoms with Crippen molar-refractivity contribution in [2.24, 2.45) is 0 Å². The summed E-state index contributed by atoms with van der Waals surface area (Å²) in [5.74, 6) is -0.694. The van der Waals surface area contributed by atoms with Gasteiger partial charge in [-0.1, -0.05) is 19.1 Å². The number of carbonyl (C=O) groups is 1. The van der Waals surface area contributed by atoms with Crippen LogP contribution in [0.3, 0.4) is 0 Å². The van der Waals surface area contributed by atoms with E-state index in [-0.39, 0.29) is 12.3 Å². The zero-order valence-corrected chi connectivity index (χ0v) is 9.40. The van der Waals surface area contributed by atoms with Crippen LogP contribution in [0.25, 0.3) is 0 Å². The molecule has 1 unspecified atom stereocenters. The Hall–Kier alpha value is -1.51. The second-order valence-corrected chi connectivity index (χ2v) is 3.99. The molecular weight excluding hydrogens is 190 g/mol. The largest absolute Gasteiger partial charge is 0.481 e. The summed E-state index contributed by atoms with van der Waals surface area (Å²) in [5.41, 5.74) is 2.17. The lowest BCUT2D eigenvalue weighted by atomic mass is 9.97. The smallest absolute Gasteiger partial charge is 0.303 e. The van der Waals surface area contributed by atoms with Gasteiger partial charge in [-0.25, -0.2) is 0 Å². The molecule has 0 aliphatic heterocycles. The monoisotopic (exact) mass is 207 g/mol. The predicted molar refractivity (Wildman–Crippen MR) is 61.4 cm³/mol. The zero-order chi connectivity index (χ0) is 11.4. The molecule has 0 heterocycles. The molecule has 1 N–H and O–H groups in total. The predicted octanol–water partition coefficient (Wildman–Crippen LogP) is 2.33. The number of nitrogens with zero attached hydrogens (tertiary/aromatic N) is 1. The first-order valence-corrected chi connectivity index (χ1v) is 4.99. The van der Waals surface area contributed by atoms with Crippen LogP contribution in [0.1, 0.15) is 24.8 Å². The van der Waals surface area contributed by atoms with Crippen molar-refractivity contribution in [1.82, 2.24) is 0 Å². The molecule has 3 nitrogen and oxygen atoms in total. The number of hydrogen-bond donors (Lipinski definition) is 1. The van der Waals surface area contributed by atoms with Crippen LogP contribution < -0.4 is 4.90 Å². The minimum Gasteiger partial charge on any atom is -0.481 e. The molecule has 82 valence electrons. The highest BCUT2D eigenvalue weighted by atomic mass is 16.4. The molecule has 0 fully saturated rings. The third-order valence-electron chi connectivity index (χ3n) is 2.44. The normalized spacial score (nSPS) is 12.2. The fourth-order valence-electron chi connectivity index (χ4n) is 1.49. The standard InChI is InChI=1S/C12H17NO2/c1-9(7-12(14)15)10-5-4-6-11(8-10)13(2)3/h4-6,8-9H,7H2,1-3H3,(H,14,15). The lowest BCUT2D eigenvalue weighted by molar-refractivity contribution is -0.137. The first-order chi connectivity index (χ1) is 7.00. The summed E-state index contributed by atoms with van der Waals surface area (Å²) in [7, 11) is 3.95. The van der Waals surface area contributed by atoms with Crippen LogP contribution in [0.15, 0.2) is 24.3 Å². The van der Waals surface area contributed by atoms with Crippen molar-refractivity contribution >= 4 is 11.7 Å². The zero-order valence-electron chi connectivity index (χ0n) is 9.40. The fraction of sp³-hybridized carbons (Fsp3) is 0.417. The van der Waals surface area contributed by atoms with Gasteiger partial charge in [-0.05, 0) is 23.6 Å². The first-order valence-electron chi connectivity index (χ1n) is 4.99. The highest BCUT2D eigenvalue weighted by Gasteiger charge is 2.10. The maximum atomic E-state index is 10.6. The molecule has 0 aliphatic carbocycles. The van der Waals surface area contributed by atoms with Gasteiger partial charge >= 0.3 is 5.97 Å². The summed E-state index contributed by atoms with van der Waals surface area (Å²) >= 11 is 0. The third kappa shape index (κ3) is 3.27. The van der Waals surface area contributed by atoms with Crippen molar-refractivity contribution in [1.29, 1.82) is 0 Å². The average molecular weight is 207 g/mol. The average Bonchev–Trinajstić information content (AvgIpc) is 2.17. The van der Waals surface area contributed by atoms with Crippen molar-refractivity contribution in [3.8, 4) is 0 Å². The van der Waals surface area contributed by atoms with Crippen LogP contribution in [0.2, 0.25) is 0 Å². The SMILES string of the molecule is CC(CC(=O)O)c1cccc(N(C)C)c1. The Bertz CT molecular complexity index is 347. The summed E-state index contributed by atoms with van der Waals surface area (Å²) in [4.78, 5) is 12.6. The maximum absolute atomic E-state index is 10.6. The minimum atomic E-state index is -0.752. The van der Waals surface area contributed by atoms with Gasteiger partial charge in [0, 0.05) is 19.8 Å². The van der Waals surface area contributed by atoms with E-state index in [1.807, 2.05) is 50.2 Å². The molecule has 0 radical (unpaired) electrons. The maximum Gasteiger partial charge on any atom is 0.303 e. The lowest BCUT2D eigenvalue weighted by Gasteiger charge is -2.16. The van der Waals surface area contributed by atoms with Crippen LogP contribution in [0.5, 0.6) is 0 Å². The van der Waals surface area contributed by atoms with Crippen molar-refractivity contribution < 1.29 is 9.90 Å². The van der Waals surface area contributed by atoms with E-state index < -0.39 is 5.97 Å². The van der Waals surface area contributed by atoms with E-state index in [1.165, 1.54) is 0 Å². The van der Waals surface area contributed by atoms with Crippen LogP contribution in [-0.4, -0.2) is 25.2 Å². The molecule has 0 spiro atoms. The Balaban J connectivity index is 2.85. The highest BCUT2D eigenvalue weighted by Crippen LogP contribution is 2.23. The Morgan fingerprint density at radius 3 is 2.67 bits per heavy atom. The quantitative estimate of drug-likeness (QED) is 0.823. The Morgan fingerprint density at radius 1 is 1.47 bits per heavy atom. The van der Waals surface area contributed by atoms with E-state index >= 15 is 0 Å². The van der Waals surface area contributed by atoms with Crippen molar-refractivity contribution in [3.63, 3.8) is 0 Å². The van der Waals surface area contributed by atoms with Crippen molar-refractivity contribution in [3.05, 3.63) is 29.8 Å². The number of carboxylic acid groups (broad SMARTS) is 1. The van der Waals surface area contributed by atoms with E-state index in [4.69, 9.17) is 5.11 Å². The summed E-state index contributed by atoms with van der Waals surface area (Å²) in [6, 6.07) is 7.98. The minimum absolute atomic E-state index is 0.0578. The van der Waals surface area contributed by atoms with Gasteiger partial charge in [-0.3, -0.25) is 4.79 Å². The number of carboxylic acids is 1. The van der Waals surface area contributed by atoms with Crippen LogP contribution >= 0.6 is 0 Å². The molecule has 1 aromatic rings. The fourth-order valence-corrected chi connectivity index (χ4v) is 1.49. The molecule has 0 aliphatic rings. The second-order valence-electron chi connectivity index (χ2n) is 3.99. The van der Waals surface area contributed by atoms with Crippen LogP contribution in [-0.2, 0) is 4.79 Å². The summed E-state index contributed by atoms with van der Waals surface area (Å²) in [6.45, 7) is 1.93. The van der Waals surface area contributed by atoms with Gasteiger partial charge in [0.1, 0.15) is 0 Å². The Morgan fingerprint density at radius 2 is 2.13 bits per heavy atom. The van der Waals surface area contributed by atoms with Crippen molar-refractivity contribution in [2.45, 2.75) is 19.3 Å². The van der Waals surface area contributed by atoms with Gasteiger partial charge in [0.25, 0.3) is 0 Å². The summed E-state index contributed by atoms with van der Waals surface area (Å²) in [5, 5.41) is 8.71. The number of hydrogen-bond acceptors (Lipinski definition) is 2. The van der Waals surface area contributed by atoms with E-state index in [0.29, 0.717) is 0 Å². The van der Waals surface area contributed by atoms with Gasteiger partial charge in [-0.15, -0.1) is 0 Å². The molecular formula is C12H17NO2. The van der Waals surface area contributed by atoms with Gasteiger partial charge in [0.2, 0.25) is 0 Å². The molecule has 1 rings (SSSR count). The van der Waals surface area contributed by atoms with E-state index in [2.05, 4.69) is 0 Å². The van der Waals surface area contributed by atoms with Gasteiger partial charge in [0.05, 0.1) is 6.42 Å². The molecule has 0 saturated heterocycles. The van der Waals surface area contributed by atoms with E-state index in [0.717, 1.165) is 11.3 Å². The molecule has 3 heteroatoms. The molecule has 0 amide bonds. The van der Waals surface area contributed by atoms with E-state index in [9.17, 15) is 4.79 Å². The first kappa shape index (κ1) is 11.6. The number of benzene rings is 1. The topological polar surface area (TPSA) is 40.5 Å². The molecule has 1 aromatic carbocycles. The molecule has 0 bridgehead atoms. The summed E-state index contributed by atoms with van der Waals surface area (Å²) < 4.78 is 0. The molecule has 0 aromatic heterocycles. The number of anilines is 1. The molecule has 0 saturated carbocycles. The van der Waals surface area contributed by atoms with Gasteiger partial charge < -0.3 is 10.0 Å². The summed E-state index contributed by atoms with van der Waals surface area (Å²) in [6.07, 6.45) is 0.177. The third-order valence-corrected chi connectivity index (χ3v) is 2.44. The van der Waals surface area contributed by atoms with Crippen LogP contribution in [0.4, 0.5) is 5.69 Å². The highest BCUT2D eigenvalue weighted by molar-refractivity contribution is 5.68. The van der Waals surface area contributed by atoms with Crippen molar-refractivity contribution in [2.75, 3.05) is 19.0 Å². The van der Waals surface area contributed by atoms with Gasteiger partial charge in [0.15, 0.2) is 0 Å². The van der Waals surface area contributed by atoms with E-state index in [1.54, 1.807) is 0 Å².